The van der Waals surface area contributed by atoms with Crippen LogP contribution in [0.15, 0.2) is 29.2 Å². The Labute approximate surface area is 101 Å². The summed E-state index contributed by atoms with van der Waals surface area (Å²) in [5, 5.41) is 4.30. The number of nitrogens with zero attached hydrogens (tertiary/aromatic N) is 3. The lowest BCUT2D eigenvalue weighted by Gasteiger charge is -2.17. The highest BCUT2D eigenvalue weighted by Crippen LogP contribution is 2.20. The van der Waals surface area contributed by atoms with Crippen molar-refractivity contribution in [3.8, 4) is 0 Å². The molecular formula is C13H19N3O. The number of hydrogen-bond donors (Lipinski definition) is 0. The standard InChI is InChI=1S/C13H19N3O/c1-13(2,3)8-6-10-16-12(17)15-9-5-4-7-11(15)14-16/h4-5,7,9H,6,8,10H2,1-3H3. The molecule has 2 aromatic heterocycles. The summed E-state index contributed by atoms with van der Waals surface area (Å²) < 4.78 is 3.14. The quantitative estimate of drug-likeness (QED) is 0.816. The first-order valence-electron chi connectivity index (χ1n) is 6.02. The van der Waals surface area contributed by atoms with Crippen LogP contribution in [-0.2, 0) is 6.54 Å². The Morgan fingerprint density at radius 1 is 1.29 bits per heavy atom. The Morgan fingerprint density at radius 2 is 2.06 bits per heavy atom. The van der Waals surface area contributed by atoms with E-state index in [0.29, 0.717) is 17.6 Å². The minimum atomic E-state index is -0.0468. The second-order valence-corrected chi connectivity index (χ2v) is 5.60. The molecular weight excluding hydrogens is 214 g/mol. The summed E-state index contributed by atoms with van der Waals surface area (Å²) in [5.41, 5.74) is 0.978. The predicted molar refractivity (Wildman–Crippen MR) is 68.1 cm³/mol. The van der Waals surface area contributed by atoms with Crippen molar-refractivity contribution in [3.05, 3.63) is 34.9 Å². The van der Waals surface area contributed by atoms with Crippen LogP contribution in [0.1, 0.15) is 33.6 Å². The van der Waals surface area contributed by atoms with E-state index in [4.69, 9.17) is 0 Å². The molecule has 0 aliphatic carbocycles. The first-order chi connectivity index (χ1) is 7.97. The van der Waals surface area contributed by atoms with Gasteiger partial charge >= 0.3 is 5.69 Å². The fourth-order valence-corrected chi connectivity index (χ4v) is 1.87. The maximum absolute atomic E-state index is 11.9. The summed E-state index contributed by atoms with van der Waals surface area (Å²) in [6.45, 7) is 7.32. The van der Waals surface area contributed by atoms with Crippen molar-refractivity contribution in [2.24, 2.45) is 5.41 Å². The van der Waals surface area contributed by atoms with E-state index in [9.17, 15) is 4.79 Å². The molecule has 2 heterocycles. The van der Waals surface area contributed by atoms with Gasteiger partial charge in [-0.2, -0.15) is 0 Å². The van der Waals surface area contributed by atoms with Crippen molar-refractivity contribution >= 4 is 5.65 Å². The average molecular weight is 233 g/mol. The number of fused-ring (bicyclic) bond motifs is 1. The van der Waals surface area contributed by atoms with Gasteiger partial charge in [-0.1, -0.05) is 26.8 Å². The van der Waals surface area contributed by atoms with Crippen LogP contribution >= 0.6 is 0 Å². The van der Waals surface area contributed by atoms with Crippen molar-refractivity contribution in [3.63, 3.8) is 0 Å². The summed E-state index contributed by atoms with van der Waals surface area (Å²) in [4.78, 5) is 11.9. The van der Waals surface area contributed by atoms with Gasteiger partial charge in [0.15, 0.2) is 5.65 Å². The molecule has 0 fully saturated rings. The first kappa shape index (κ1) is 11.9. The minimum absolute atomic E-state index is 0.0468. The van der Waals surface area contributed by atoms with E-state index >= 15 is 0 Å². The molecule has 0 aromatic carbocycles. The Kier molecular flexibility index (Phi) is 3.05. The summed E-state index contributed by atoms with van der Waals surface area (Å²) in [5.74, 6) is 0. The predicted octanol–water partition coefficient (Wildman–Crippen LogP) is 2.32. The van der Waals surface area contributed by atoms with Crippen molar-refractivity contribution in [2.45, 2.75) is 40.2 Å². The lowest BCUT2D eigenvalue weighted by molar-refractivity contribution is 0.347. The third-order valence-corrected chi connectivity index (χ3v) is 2.79. The van der Waals surface area contributed by atoms with Crippen molar-refractivity contribution in [1.29, 1.82) is 0 Å². The zero-order valence-electron chi connectivity index (χ0n) is 10.7. The van der Waals surface area contributed by atoms with E-state index in [1.165, 1.54) is 0 Å². The van der Waals surface area contributed by atoms with Crippen LogP contribution in [0.2, 0.25) is 0 Å². The summed E-state index contributed by atoms with van der Waals surface area (Å²) in [6.07, 6.45) is 3.82. The summed E-state index contributed by atoms with van der Waals surface area (Å²) in [7, 11) is 0. The van der Waals surface area contributed by atoms with Crippen molar-refractivity contribution in [2.75, 3.05) is 0 Å². The molecule has 0 saturated carbocycles. The maximum atomic E-state index is 11.9. The van der Waals surface area contributed by atoms with Gasteiger partial charge in [0.25, 0.3) is 0 Å². The molecule has 2 rings (SSSR count). The smallest absolute Gasteiger partial charge is 0.250 e. The Morgan fingerprint density at radius 3 is 2.71 bits per heavy atom. The Hall–Kier alpha value is -1.58. The van der Waals surface area contributed by atoms with Crippen LogP contribution in [0, 0.1) is 5.41 Å². The van der Waals surface area contributed by atoms with Gasteiger partial charge in [0, 0.05) is 12.7 Å². The van der Waals surface area contributed by atoms with E-state index in [1.807, 2.05) is 18.2 Å². The van der Waals surface area contributed by atoms with E-state index in [1.54, 1.807) is 15.3 Å². The van der Waals surface area contributed by atoms with Gasteiger partial charge in [0.05, 0.1) is 0 Å². The molecule has 0 aliphatic rings. The molecule has 0 unspecified atom stereocenters. The molecule has 0 atom stereocenters. The molecule has 0 spiro atoms. The SMILES string of the molecule is CC(C)(C)CCCn1nc2ccccn2c1=O. The fourth-order valence-electron chi connectivity index (χ4n) is 1.87. The number of hydrogen-bond acceptors (Lipinski definition) is 2. The van der Waals surface area contributed by atoms with Gasteiger partial charge in [0.2, 0.25) is 0 Å². The molecule has 0 amide bonds. The molecule has 92 valence electrons. The van der Waals surface area contributed by atoms with Gasteiger partial charge in [-0.25, -0.2) is 9.48 Å². The molecule has 2 aromatic rings. The van der Waals surface area contributed by atoms with Crippen LogP contribution in [0.5, 0.6) is 0 Å². The van der Waals surface area contributed by atoms with Gasteiger partial charge in [-0.3, -0.25) is 4.40 Å². The van der Waals surface area contributed by atoms with E-state index < -0.39 is 0 Å². The summed E-state index contributed by atoms with van der Waals surface area (Å²) in [6, 6.07) is 5.58. The van der Waals surface area contributed by atoms with Crippen molar-refractivity contribution in [1.82, 2.24) is 14.2 Å². The van der Waals surface area contributed by atoms with Crippen LogP contribution in [-0.4, -0.2) is 14.2 Å². The van der Waals surface area contributed by atoms with Gasteiger partial charge in [-0.15, -0.1) is 5.10 Å². The zero-order valence-corrected chi connectivity index (χ0v) is 10.7. The zero-order chi connectivity index (χ0) is 12.5. The van der Waals surface area contributed by atoms with Gasteiger partial charge in [0.1, 0.15) is 0 Å². The average Bonchev–Trinajstić information content (AvgIpc) is 2.55. The number of rotatable bonds is 3. The maximum Gasteiger partial charge on any atom is 0.350 e. The number of aromatic nitrogens is 3. The van der Waals surface area contributed by atoms with E-state index in [2.05, 4.69) is 25.9 Å². The normalized spacial score (nSPS) is 12.2. The third kappa shape index (κ3) is 2.75. The fraction of sp³-hybridized carbons (Fsp3) is 0.538. The van der Waals surface area contributed by atoms with Crippen LogP contribution in [0.3, 0.4) is 0 Å². The van der Waals surface area contributed by atoms with Crippen LogP contribution in [0.4, 0.5) is 0 Å². The second-order valence-electron chi connectivity index (χ2n) is 5.60. The van der Waals surface area contributed by atoms with E-state index in [-0.39, 0.29) is 5.69 Å². The lowest BCUT2D eigenvalue weighted by Crippen LogP contribution is -2.21. The highest BCUT2D eigenvalue weighted by molar-refractivity contribution is 5.35. The third-order valence-electron chi connectivity index (χ3n) is 2.79. The molecule has 4 heteroatoms. The lowest BCUT2D eigenvalue weighted by atomic mass is 9.91. The highest BCUT2D eigenvalue weighted by Gasteiger charge is 2.11. The molecule has 0 radical (unpaired) electrons. The van der Waals surface area contributed by atoms with E-state index in [0.717, 1.165) is 12.8 Å². The summed E-state index contributed by atoms with van der Waals surface area (Å²) >= 11 is 0. The largest absolute Gasteiger partial charge is 0.350 e. The highest BCUT2D eigenvalue weighted by atomic mass is 16.2. The van der Waals surface area contributed by atoms with Crippen LogP contribution < -0.4 is 5.69 Å². The van der Waals surface area contributed by atoms with Crippen LogP contribution in [0.25, 0.3) is 5.65 Å². The topological polar surface area (TPSA) is 39.3 Å². The second kappa shape index (κ2) is 4.35. The first-order valence-corrected chi connectivity index (χ1v) is 6.02. The Balaban J connectivity index is 2.14. The number of aryl methyl sites for hydroxylation is 1. The number of pyridine rings is 1. The Bertz CT molecular complexity index is 560. The van der Waals surface area contributed by atoms with Gasteiger partial charge in [-0.05, 0) is 30.4 Å². The molecule has 0 bridgehead atoms. The van der Waals surface area contributed by atoms with Gasteiger partial charge < -0.3 is 0 Å². The van der Waals surface area contributed by atoms with Crippen molar-refractivity contribution < 1.29 is 0 Å². The molecule has 0 saturated heterocycles. The minimum Gasteiger partial charge on any atom is -0.250 e. The molecule has 4 nitrogen and oxygen atoms in total. The molecule has 17 heavy (non-hydrogen) atoms. The molecule has 0 aliphatic heterocycles. The monoisotopic (exact) mass is 233 g/mol. The molecule has 0 N–H and O–H groups in total.